The number of carbonyl (C=O) groups is 1. The van der Waals surface area contributed by atoms with Crippen LogP contribution in [0.3, 0.4) is 0 Å². The molecule has 1 atom stereocenters. The maximum Gasteiger partial charge on any atom is 0.306 e. The Morgan fingerprint density at radius 1 is 1.42 bits per heavy atom. The number of carboxylic acid groups (broad SMARTS) is 1. The molecule has 2 aromatic rings. The molecule has 0 fully saturated rings. The van der Waals surface area contributed by atoms with Crippen molar-refractivity contribution in [3.05, 3.63) is 30.5 Å². The number of nitrogens with one attached hydrogen (secondary N) is 1. The number of anilines is 1. The first-order valence-electron chi connectivity index (χ1n) is 6.35. The topological polar surface area (TPSA) is 75.1 Å². The molecule has 2 N–H and O–H groups in total. The lowest BCUT2D eigenvalue weighted by molar-refractivity contribution is -0.141. The zero-order valence-electron chi connectivity index (χ0n) is 10.8. The first-order chi connectivity index (χ1) is 9.16. The van der Waals surface area contributed by atoms with Crippen LogP contribution in [0.25, 0.3) is 10.9 Å². The molecule has 0 bridgehead atoms. The summed E-state index contributed by atoms with van der Waals surface area (Å²) in [6.07, 6.45) is 3.21. The van der Waals surface area contributed by atoms with Crippen LogP contribution in [0.4, 0.5) is 5.95 Å². The van der Waals surface area contributed by atoms with Crippen molar-refractivity contribution in [2.75, 3.05) is 11.9 Å². The first kappa shape index (κ1) is 13.3. The second-order valence-electron chi connectivity index (χ2n) is 4.56. The van der Waals surface area contributed by atoms with Gasteiger partial charge < -0.3 is 10.4 Å². The second-order valence-corrected chi connectivity index (χ2v) is 4.56. The van der Waals surface area contributed by atoms with E-state index in [4.69, 9.17) is 5.11 Å². The van der Waals surface area contributed by atoms with Crippen LogP contribution in [-0.4, -0.2) is 27.6 Å². The molecule has 19 heavy (non-hydrogen) atoms. The molecule has 1 heterocycles. The van der Waals surface area contributed by atoms with Gasteiger partial charge in [-0.15, -0.1) is 0 Å². The van der Waals surface area contributed by atoms with E-state index in [1.54, 1.807) is 13.1 Å². The van der Waals surface area contributed by atoms with Gasteiger partial charge in [-0.1, -0.05) is 25.1 Å². The Balaban J connectivity index is 1.86. The van der Waals surface area contributed by atoms with Gasteiger partial charge in [0.1, 0.15) is 0 Å². The van der Waals surface area contributed by atoms with Crippen molar-refractivity contribution in [3.63, 3.8) is 0 Å². The maximum atomic E-state index is 10.7. The number of carboxylic acids is 1. The van der Waals surface area contributed by atoms with Crippen LogP contribution < -0.4 is 5.32 Å². The van der Waals surface area contributed by atoms with Crippen LogP contribution in [0.2, 0.25) is 0 Å². The highest BCUT2D eigenvalue weighted by atomic mass is 16.4. The Kier molecular flexibility index (Phi) is 4.28. The number of para-hydroxylation sites is 1. The quantitative estimate of drug-likeness (QED) is 0.780. The van der Waals surface area contributed by atoms with Gasteiger partial charge in [-0.25, -0.2) is 9.97 Å². The molecule has 0 aliphatic carbocycles. The molecule has 0 aliphatic rings. The summed E-state index contributed by atoms with van der Waals surface area (Å²) in [5, 5.41) is 12.9. The predicted octanol–water partition coefficient (Wildman–Crippen LogP) is 2.54. The summed E-state index contributed by atoms with van der Waals surface area (Å²) in [7, 11) is 0. The largest absolute Gasteiger partial charge is 0.481 e. The van der Waals surface area contributed by atoms with E-state index in [-0.39, 0.29) is 5.92 Å². The third-order valence-electron chi connectivity index (χ3n) is 3.01. The second kappa shape index (κ2) is 6.13. The van der Waals surface area contributed by atoms with Crippen LogP contribution in [0.5, 0.6) is 0 Å². The van der Waals surface area contributed by atoms with E-state index >= 15 is 0 Å². The fraction of sp³-hybridized carbons (Fsp3) is 0.357. The van der Waals surface area contributed by atoms with Crippen LogP contribution in [0, 0.1) is 5.92 Å². The minimum atomic E-state index is -0.748. The van der Waals surface area contributed by atoms with Crippen molar-refractivity contribution in [3.8, 4) is 0 Å². The highest BCUT2D eigenvalue weighted by molar-refractivity contribution is 5.78. The molecule has 0 spiro atoms. The molecule has 1 aromatic carbocycles. The fourth-order valence-electron chi connectivity index (χ4n) is 1.79. The van der Waals surface area contributed by atoms with Gasteiger partial charge >= 0.3 is 5.97 Å². The standard InChI is InChI=1S/C14H17N3O2/c1-10(13(18)19)5-4-8-15-14-16-9-11-6-2-3-7-12(11)17-14/h2-3,6-7,9-10H,4-5,8H2,1H3,(H,18,19)(H,15,16,17). The Morgan fingerprint density at radius 3 is 3.00 bits per heavy atom. The number of nitrogens with zero attached hydrogens (tertiary/aromatic N) is 2. The number of aromatic nitrogens is 2. The lowest BCUT2D eigenvalue weighted by atomic mass is 10.1. The molecule has 0 aliphatic heterocycles. The normalized spacial score (nSPS) is 12.3. The Labute approximate surface area is 111 Å². The highest BCUT2D eigenvalue weighted by Crippen LogP contribution is 2.12. The van der Waals surface area contributed by atoms with Crippen molar-refractivity contribution in [1.29, 1.82) is 0 Å². The number of benzene rings is 1. The van der Waals surface area contributed by atoms with Gasteiger partial charge in [-0.2, -0.15) is 0 Å². The third kappa shape index (κ3) is 3.64. The van der Waals surface area contributed by atoms with E-state index < -0.39 is 5.97 Å². The summed E-state index contributed by atoms with van der Waals surface area (Å²) in [5.41, 5.74) is 0.902. The van der Waals surface area contributed by atoms with Crippen molar-refractivity contribution < 1.29 is 9.90 Å². The molecule has 1 aromatic heterocycles. The first-order valence-corrected chi connectivity index (χ1v) is 6.35. The Hall–Kier alpha value is -2.17. The third-order valence-corrected chi connectivity index (χ3v) is 3.01. The summed E-state index contributed by atoms with van der Waals surface area (Å²) in [6, 6.07) is 7.79. The van der Waals surface area contributed by atoms with Crippen LogP contribution >= 0.6 is 0 Å². The van der Waals surface area contributed by atoms with Crippen LogP contribution in [-0.2, 0) is 4.79 Å². The number of rotatable bonds is 6. The van der Waals surface area contributed by atoms with Gasteiger partial charge in [-0.3, -0.25) is 4.79 Å². The highest BCUT2D eigenvalue weighted by Gasteiger charge is 2.09. The molecule has 0 saturated carbocycles. The molecule has 5 heteroatoms. The van der Waals surface area contributed by atoms with Gasteiger partial charge in [0.2, 0.25) is 5.95 Å². The summed E-state index contributed by atoms with van der Waals surface area (Å²) < 4.78 is 0. The molecule has 0 saturated heterocycles. The molecule has 1 unspecified atom stereocenters. The lowest BCUT2D eigenvalue weighted by Gasteiger charge is -2.07. The minimum Gasteiger partial charge on any atom is -0.481 e. The smallest absolute Gasteiger partial charge is 0.306 e. The van der Waals surface area contributed by atoms with Gasteiger partial charge in [0.05, 0.1) is 11.4 Å². The monoisotopic (exact) mass is 259 g/mol. The van der Waals surface area contributed by atoms with Gasteiger partial charge in [0.15, 0.2) is 0 Å². The molecule has 0 radical (unpaired) electrons. The summed E-state index contributed by atoms with van der Waals surface area (Å²) >= 11 is 0. The fourth-order valence-corrected chi connectivity index (χ4v) is 1.79. The van der Waals surface area contributed by atoms with E-state index in [9.17, 15) is 4.79 Å². The van der Waals surface area contributed by atoms with E-state index in [1.807, 2.05) is 24.3 Å². The number of hydrogen-bond donors (Lipinski definition) is 2. The summed E-state index contributed by atoms with van der Waals surface area (Å²) in [4.78, 5) is 19.3. The van der Waals surface area contributed by atoms with Crippen molar-refractivity contribution in [2.45, 2.75) is 19.8 Å². The molecule has 2 rings (SSSR count). The van der Waals surface area contributed by atoms with Crippen LogP contribution in [0.1, 0.15) is 19.8 Å². The Bertz CT molecular complexity index is 571. The average molecular weight is 259 g/mol. The zero-order chi connectivity index (χ0) is 13.7. The van der Waals surface area contributed by atoms with E-state index in [1.165, 1.54) is 0 Å². The van der Waals surface area contributed by atoms with Gasteiger partial charge in [0, 0.05) is 18.1 Å². The van der Waals surface area contributed by atoms with Gasteiger partial charge in [0.25, 0.3) is 0 Å². The predicted molar refractivity (Wildman–Crippen MR) is 74.1 cm³/mol. The van der Waals surface area contributed by atoms with Crippen molar-refractivity contribution >= 4 is 22.8 Å². The molecule has 0 amide bonds. The molecule has 5 nitrogen and oxygen atoms in total. The van der Waals surface area contributed by atoms with E-state index in [0.29, 0.717) is 18.9 Å². The number of fused-ring (bicyclic) bond motifs is 1. The van der Waals surface area contributed by atoms with E-state index in [0.717, 1.165) is 17.3 Å². The van der Waals surface area contributed by atoms with Crippen molar-refractivity contribution in [1.82, 2.24) is 9.97 Å². The molecule has 100 valence electrons. The Morgan fingerprint density at radius 2 is 2.21 bits per heavy atom. The number of hydrogen-bond acceptors (Lipinski definition) is 4. The average Bonchev–Trinajstić information content (AvgIpc) is 2.43. The van der Waals surface area contributed by atoms with Crippen LogP contribution in [0.15, 0.2) is 30.5 Å². The molecular weight excluding hydrogens is 242 g/mol. The number of aliphatic carboxylic acids is 1. The maximum absolute atomic E-state index is 10.7. The summed E-state index contributed by atoms with van der Waals surface area (Å²) in [5.74, 6) is -0.469. The SMILES string of the molecule is CC(CCCNc1ncc2ccccc2n1)C(=O)O. The van der Waals surface area contributed by atoms with Crippen molar-refractivity contribution in [2.24, 2.45) is 5.92 Å². The minimum absolute atomic E-state index is 0.306. The van der Waals surface area contributed by atoms with E-state index in [2.05, 4.69) is 15.3 Å². The lowest BCUT2D eigenvalue weighted by Crippen LogP contribution is -2.12. The summed E-state index contributed by atoms with van der Waals surface area (Å²) in [6.45, 7) is 2.39. The van der Waals surface area contributed by atoms with Gasteiger partial charge in [-0.05, 0) is 18.9 Å². The zero-order valence-corrected chi connectivity index (χ0v) is 10.8. The molecular formula is C14H17N3O2.